The molecular formula is C18H25N3O4S. The molecule has 0 aliphatic heterocycles. The van der Waals surface area contributed by atoms with Gasteiger partial charge in [-0.25, -0.2) is 8.42 Å². The van der Waals surface area contributed by atoms with Crippen LogP contribution in [0, 0.1) is 17.2 Å². The Morgan fingerprint density at radius 2 is 1.85 bits per heavy atom. The Morgan fingerprint density at radius 3 is 2.31 bits per heavy atom. The third-order valence-corrected chi connectivity index (χ3v) is 5.91. The lowest BCUT2D eigenvalue weighted by Crippen LogP contribution is -2.30. The van der Waals surface area contributed by atoms with Crippen LogP contribution < -0.4 is 0 Å². The van der Waals surface area contributed by atoms with Crippen LogP contribution in [0.15, 0.2) is 34.2 Å². The molecule has 0 aromatic heterocycles. The SMILES string of the molecule is CCOC(=O)C(C#N)C=N[C@@H](C)c1ccc(S(=O)(=O)N(CC)CC)cc1. The van der Waals surface area contributed by atoms with Gasteiger partial charge in [0, 0.05) is 19.3 Å². The molecule has 0 radical (unpaired) electrons. The van der Waals surface area contributed by atoms with E-state index in [0.717, 1.165) is 5.56 Å². The zero-order valence-corrected chi connectivity index (χ0v) is 16.4. The van der Waals surface area contributed by atoms with Crippen molar-refractivity contribution in [2.75, 3.05) is 19.7 Å². The first-order valence-corrected chi connectivity index (χ1v) is 9.95. The molecule has 1 unspecified atom stereocenters. The maximum absolute atomic E-state index is 12.5. The fourth-order valence-electron chi connectivity index (χ4n) is 2.31. The van der Waals surface area contributed by atoms with Gasteiger partial charge >= 0.3 is 5.97 Å². The summed E-state index contributed by atoms with van der Waals surface area (Å²) in [6, 6.07) is 7.97. The number of esters is 1. The van der Waals surface area contributed by atoms with Gasteiger partial charge in [-0.2, -0.15) is 9.57 Å². The smallest absolute Gasteiger partial charge is 0.328 e. The number of hydrogen-bond acceptors (Lipinski definition) is 6. The van der Waals surface area contributed by atoms with Gasteiger partial charge in [0.2, 0.25) is 10.0 Å². The average molecular weight is 379 g/mol. The van der Waals surface area contributed by atoms with Gasteiger partial charge in [-0.1, -0.05) is 26.0 Å². The summed E-state index contributed by atoms with van der Waals surface area (Å²) in [6.07, 6.45) is 1.27. The summed E-state index contributed by atoms with van der Waals surface area (Å²) < 4.78 is 31.1. The number of nitriles is 1. The first-order chi connectivity index (χ1) is 12.3. The summed E-state index contributed by atoms with van der Waals surface area (Å²) in [4.78, 5) is 16.0. The van der Waals surface area contributed by atoms with Crippen LogP contribution in [0.5, 0.6) is 0 Å². The molecule has 1 aromatic carbocycles. The maximum Gasteiger partial charge on any atom is 0.328 e. The zero-order chi connectivity index (χ0) is 19.7. The van der Waals surface area contributed by atoms with Crippen molar-refractivity contribution < 1.29 is 17.9 Å². The summed E-state index contributed by atoms with van der Waals surface area (Å²) in [7, 11) is -3.50. The summed E-state index contributed by atoms with van der Waals surface area (Å²) in [5, 5.41) is 9.02. The molecule has 0 fully saturated rings. The Bertz CT molecular complexity index is 763. The van der Waals surface area contributed by atoms with Gasteiger partial charge in [0.1, 0.15) is 0 Å². The van der Waals surface area contributed by atoms with Crippen molar-refractivity contribution >= 4 is 22.2 Å². The van der Waals surface area contributed by atoms with E-state index in [1.54, 1.807) is 52.0 Å². The molecule has 1 rings (SSSR count). The van der Waals surface area contributed by atoms with Crippen molar-refractivity contribution in [3.63, 3.8) is 0 Å². The van der Waals surface area contributed by atoms with Crippen LogP contribution in [0.25, 0.3) is 0 Å². The van der Waals surface area contributed by atoms with Gasteiger partial charge in [0.15, 0.2) is 5.92 Å². The van der Waals surface area contributed by atoms with Crippen LogP contribution in [-0.2, 0) is 19.6 Å². The number of rotatable bonds is 9. The molecule has 0 saturated carbocycles. The molecule has 26 heavy (non-hydrogen) atoms. The minimum absolute atomic E-state index is 0.197. The highest BCUT2D eigenvalue weighted by molar-refractivity contribution is 7.89. The highest BCUT2D eigenvalue weighted by atomic mass is 32.2. The van der Waals surface area contributed by atoms with E-state index in [4.69, 9.17) is 10.00 Å². The van der Waals surface area contributed by atoms with E-state index in [2.05, 4.69) is 4.99 Å². The van der Waals surface area contributed by atoms with Gasteiger partial charge in [0.25, 0.3) is 0 Å². The van der Waals surface area contributed by atoms with E-state index in [-0.39, 0.29) is 17.5 Å². The van der Waals surface area contributed by atoms with Crippen LogP contribution >= 0.6 is 0 Å². The fourth-order valence-corrected chi connectivity index (χ4v) is 3.77. The Labute approximate surface area is 155 Å². The number of hydrogen-bond donors (Lipinski definition) is 0. The standard InChI is InChI=1S/C18H25N3O4S/c1-5-21(6-2)26(23,24)17-10-8-15(9-11-17)14(4)20-13-16(12-19)18(22)25-7-3/h8-11,13-14,16H,5-7H2,1-4H3/t14-,16?/m0/s1. The van der Waals surface area contributed by atoms with Gasteiger partial charge in [-0.15, -0.1) is 0 Å². The second kappa shape index (κ2) is 10.0. The number of carbonyl (C=O) groups excluding carboxylic acids is 1. The quantitative estimate of drug-likeness (QED) is 0.485. The molecule has 0 saturated heterocycles. The van der Waals surface area contributed by atoms with Gasteiger partial charge < -0.3 is 4.74 Å². The topological polar surface area (TPSA) is 99.8 Å². The van der Waals surface area contributed by atoms with E-state index in [1.165, 1.54) is 10.5 Å². The third kappa shape index (κ3) is 5.38. The zero-order valence-electron chi connectivity index (χ0n) is 15.5. The highest BCUT2D eigenvalue weighted by Crippen LogP contribution is 2.21. The Balaban J connectivity index is 2.93. The Morgan fingerprint density at radius 1 is 1.27 bits per heavy atom. The molecule has 2 atom stereocenters. The number of aliphatic imine (C=N–C) groups is 1. The first-order valence-electron chi connectivity index (χ1n) is 8.51. The second-order valence-electron chi connectivity index (χ2n) is 5.49. The van der Waals surface area contributed by atoms with Crippen molar-refractivity contribution in [3.05, 3.63) is 29.8 Å². The molecule has 0 bridgehead atoms. The lowest BCUT2D eigenvalue weighted by atomic mass is 10.1. The number of carbonyl (C=O) groups is 1. The summed E-state index contributed by atoms with van der Waals surface area (Å²) >= 11 is 0. The first kappa shape index (κ1) is 21.8. The second-order valence-corrected chi connectivity index (χ2v) is 7.43. The largest absolute Gasteiger partial charge is 0.465 e. The summed E-state index contributed by atoms with van der Waals surface area (Å²) in [5.74, 6) is -1.69. The molecular weight excluding hydrogens is 354 g/mol. The molecule has 0 N–H and O–H groups in total. The molecule has 0 aliphatic carbocycles. The van der Waals surface area contributed by atoms with E-state index in [0.29, 0.717) is 13.1 Å². The number of benzene rings is 1. The molecule has 0 spiro atoms. The van der Waals surface area contributed by atoms with Crippen molar-refractivity contribution in [2.45, 2.75) is 38.6 Å². The minimum Gasteiger partial charge on any atom is -0.465 e. The van der Waals surface area contributed by atoms with Crippen molar-refractivity contribution in [3.8, 4) is 6.07 Å². The van der Waals surface area contributed by atoms with Crippen LogP contribution in [0.3, 0.4) is 0 Å². The van der Waals surface area contributed by atoms with Gasteiger partial charge in [-0.05, 0) is 31.5 Å². The van der Waals surface area contributed by atoms with Crippen molar-refractivity contribution in [2.24, 2.45) is 10.9 Å². The highest BCUT2D eigenvalue weighted by Gasteiger charge is 2.21. The minimum atomic E-state index is -3.50. The predicted octanol–water partition coefficient (Wildman–Crippen LogP) is 2.55. The Hall–Kier alpha value is -2.24. The van der Waals surface area contributed by atoms with Crippen molar-refractivity contribution in [1.82, 2.24) is 4.31 Å². The maximum atomic E-state index is 12.5. The summed E-state index contributed by atoms with van der Waals surface area (Å²) in [5.41, 5.74) is 0.778. The fraction of sp³-hybridized carbons (Fsp3) is 0.500. The van der Waals surface area contributed by atoms with Crippen molar-refractivity contribution in [1.29, 1.82) is 5.26 Å². The van der Waals surface area contributed by atoms with Crippen LogP contribution in [0.4, 0.5) is 0 Å². The lowest BCUT2D eigenvalue weighted by Gasteiger charge is -2.18. The molecule has 142 valence electrons. The van der Waals surface area contributed by atoms with Gasteiger partial charge in [0.05, 0.1) is 23.6 Å². The normalized spacial score (nSPS) is 14.2. The van der Waals surface area contributed by atoms with Crippen LogP contribution in [0.1, 0.15) is 39.3 Å². The predicted molar refractivity (Wildman–Crippen MR) is 99.2 cm³/mol. The average Bonchev–Trinajstić information content (AvgIpc) is 2.63. The van der Waals surface area contributed by atoms with E-state index < -0.39 is 21.9 Å². The summed E-state index contributed by atoms with van der Waals surface area (Å²) in [6.45, 7) is 8.06. The third-order valence-electron chi connectivity index (χ3n) is 3.84. The molecule has 1 aromatic rings. The van der Waals surface area contributed by atoms with Crippen LogP contribution in [-0.4, -0.2) is 44.6 Å². The Kier molecular flexibility index (Phi) is 8.42. The van der Waals surface area contributed by atoms with E-state index >= 15 is 0 Å². The number of sulfonamides is 1. The van der Waals surface area contributed by atoms with Gasteiger partial charge in [-0.3, -0.25) is 9.79 Å². The number of nitrogens with zero attached hydrogens (tertiary/aromatic N) is 3. The van der Waals surface area contributed by atoms with E-state index in [9.17, 15) is 13.2 Å². The molecule has 0 heterocycles. The molecule has 7 nitrogen and oxygen atoms in total. The molecule has 8 heteroatoms. The monoisotopic (exact) mass is 379 g/mol. The molecule has 0 amide bonds. The van der Waals surface area contributed by atoms with E-state index in [1.807, 2.05) is 6.07 Å². The molecule has 0 aliphatic rings. The number of ether oxygens (including phenoxy) is 1. The lowest BCUT2D eigenvalue weighted by molar-refractivity contribution is -0.143. The van der Waals surface area contributed by atoms with Crippen LogP contribution in [0.2, 0.25) is 0 Å².